The van der Waals surface area contributed by atoms with E-state index in [2.05, 4.69) is 26.5 Å². The maximum atomic E-state index is 6.16. The van der Waals surface area contributed by atoms with Gasteiger partial charge in [-0.05, 0) is 57.3 Å². The molecule has 1 heterocycles. The van der Waals surface area contributed by atoms with Crippen LogP contribution in [-0.4, -0.2) is 29.5 Å². The van der Waals surface area contributed by atoms with Gasteiger partial charge in [-0.25, -0.2) is 0 Å². The zero-order valence-corrected chi connectivity index (χ0v) is 15.8. The molecular weight excluding hydrogens is 344 g/mol. The molecule has 2 N–H and O–H groups in total. The number of hydrogen-bond donors (Lipinski definition) is 2. The fraction of sp³-hybridized carbons (Fsp3) is 0.294. The lowest BCUT2D eigenvalue weighted by Gasteiger charge is -2.14. The summed E-state index contributed by atoms with van der Waals surface area (Å²) in [7, 11) is 1.65. The molecule has 0 spiro atoms. The maximum absolute atomic E-state index is 6.16. The average molecular weight is 365 g/mol. The van der Waals surface area contributed by atoms with E-state index in [1.54, 1.807) is 13.3 Å². The summed E-state index contributed by atoms with van der Waals surface area (Å²) in [6.45, 7) is 6.78. The van der Waals surface area contributed by atoms with Crippen molar-refractivity contribution in [3.8, 4) is 11.4 Å². The summed E-state index contributed by atoms with van der Waals surface area (Å²) in [6, 6.07) is 7.61. The van der Waals surface area contributed by atoms with Crippen molar-refractivity contribution in [2.24, 2.45) is 5.10 Å². The minimum atomic E-state index is 0.499. The number of ether oxygens (including phenoxy) is 1. The number of hydrogen-bond acceptors (Lipinski definition) is 3. The lowest BCUT2D eigenvalue weighted by molar-refractivity contribution is 0.412. The number of thiocarbonyl (C=S) groups is 1. The Kier molecular flexibility index (Phi) is 6.23. The average Bonchev–Trinajstić information content (AvgIpc) is 2.81. The predicted molar refractivity (Wildman–Crippen MR) is 104 cm³/mol. The second-order valence-electron chi connectivity index (χ2n) is 5.21. The van der Waals surface area contributed by atoms with Gasteiger partial charge < -0.3 is 14.6 Å². The number of rotatable bonds is 5. The third kappa shape index (κ3) is 4.07. The van der Waals surface area contributed by atoms with Crippen LogP contribution in [0.4, 0.5) is 0 Å². The minimum absolute atomic E-state index is 0.499. The highest BCUT2D eigenvalue weighted by Crippen LogP contribution is 2.30. The van der Waals surface area contributed by atoms with Gasteiger partial charge in [-0.3, -0.25) is 5.43 Å². The molecule has 0 saturated carbocycles. The third-order valence-electron chi connectivity index (χ3n) is 3.56. The lowest BCUT2D eigenvalue weighted by Crippen LogP contribution is -2.31. The third-order valence-corrected chi connectivity index (χ3v) is 4.03. The molecule has 1 aromatic heterocycles. The van der Waals surface area contributed by atoms with Crippen molar-refractivity contribution in [1.29, 1.82) is 0 Å². The molecule has 0 amide bonds. The van der Waals surface area contributed by atoms with Crippen LogP contribution in [0.25, 0.3) is 5.69 Å². The molecule has 0 bridgehead atoms. The van der Waals surface area contributed by atoms with Crippen LogP contribution in [0, 0.1) is 13.8 Å². The normalized spacial score (nSPS) is 10.9. The van der Waals surface area contributed by atoms with Crippen molar-refractivity contribution in [3.63, 3.8) is 0 Å². The monoisotopic (exact) mass is 364 g/mol. The molecule has 1 aromatic carbocycles. The van der Waals surface area contributed by atoms with E-state index < -0.39 is 0 Å². The number of aromatic nitrogens is 1. The maximum Gasteiger partial charge on any atom is 0.186 e. The van der Waals surface area contributed by atoms with Crippen LogP contribution in [0.5, 0.6) is 5.75 Å². The Balaban J connectivity index is 2.35. The Labute approximate surface area is 152 Å². The van der Waals surface area contributed by atoms with Crippen LogP contribution in [-0.2, 0) is 0 Å². The van der Waals surface area contributed by atoms with Gasteiger partial charge in [-0.1, -0.05) is 11.6 Å². The summed E-state index contributed by atoms with van der Waals surface area (Å²) in [5.74, 6) is 0.760. The van der Waals surface area contributed by atoms with Gasteiger partial charge in [0.05, 0.1) is 19.0 Å². The van der Waals surface area contributed by atoms with Crippen molar-refractivity contribution < 1.29 is 4.74 Å². The van der Waals surface area contributed by atoms with E-state index in [4.69, 9.17) is 28.6 Å². The highest BCUT2D eigenvalue weighted by Gasteiger charge is 2.13. The van der Waals surface area contributed by atoms with Gasteiger partial charge in [-0.15, -0.1) is 0 Å². The van der Waals surface area contributed by atoms with Crippen LogP contribution >= 0.6 is 23.8 Å². The molecule has 7 heteroatoms. The molecule has 0 aliphatic rings. The lowest BCUT2D eigenvalue weighted by atomic mass is 10.2. The molecule has 0 aliphatic heterocycles. The first-order chi connectivity index (χ1) is 11.5. The minimum Gasteiger partial charge on any atom is -0.495 e. The number of methoxy groups -OCH3 is 1. The van der Waals surface area contributed by atoms with Gasteiger partial charge >= 0.3 is 0 Å². The fourth-order valence-electron chi connectivity index (χ4n) is 2.49. The van der Waals surface area contributed by atoms with Crippen molar-refractivity contribution in [1.82, 2.24) is 15.3 Å². The van der Waals surface area contributed by atoms with E-state index in [9.17, 15) is 0 Å². The Morgan fingerprint density at radius 2 is 2.12 bits per heavy atom. The molecule has 128 valence electrons. The molecule has 24 heavy (non-hydrogen) atoms. The van der Waals surface area contributed by atoms with Crippen LogP contribution in [0.2, 0.25) is 5.02 Å². The molecule has 0 radical (unpaired) electrons. The molecule has 0 fully saturated rings. The summed E-state index contributed by atoms with van der Waals surface area (Å²) in [6.07, 6.45) is 1.75. The van der Waals surface area contributed by atoms with Gasteiger partial charge in [0.2, 0.25) is 0 Å². The second-order valence-corrected chi connectivity index (χ2v) is 6.05. The smallest absolute Gasteiger partial charge is 0.186 e. The summed E-state index contributed by atoms with van der Waals surface area (Å²) in [4.78, 5) is 0. The first kappa shape index (κ1) is 18.3. The standard InChI is InChI=1S/C17H21ClN4OS/c1-5-19-17(24)21-20-10-13-8-11(2)22(12(13)3)15-9-14(18)6-7-16(15)23-4/h6-10H,5H2,1-4H3,(H2,19,21,24). The topological polar surface area (TPSA) is 50.6 Å². The summed E-state index contributed by atoms with van der Waals surface area (Å²) in [5.41, 5.74) is 6.77. The largest absolute Gasteiger partial charge is 0.495 e. The highest BCUT2D eigenvalue weighted by molar-refractivity contribution is 7.80. The van der Waals surface area contributed by atoms with Crippen molar-refractivity contribution in [2.75, 3.05) is 13.7 Å². The summed E-state index contributed by atoms with van der Waals surface area (Å²) < 4.78 is 7.55. The van der Waals surface area contributed by atoms with Crippen LogP contribution < -0.4 is 15.5 Å². The van der Waals surface area contributed by atoms with Gasteiger partial charge in [0, 0.05) is 28.5 Å². The molecule has 0 atom stereocenters. The number of aryl methyl sites for hydroxylation is 1. The number of hydrazone groups is 1. The van der Waals surface area contributed by atoms with Crippen LogP contribution in [0.3, 0.4) is 0 Å². The Morgan fingerprint density at radius 3 is 2.79 bits per heavy atom. The Hall–Kier alpha value is -2.05. The van der Waals surface area contributed by atoms with Crippen LogP contribution in [0.1, 0.15) is 23.9 Å². The van der Waals surface area contributed by atoms with E-state index in [1.807, 2.05) is 39.0 Å². The summed E-state index contributed by atoms with van der Waals surface area (Å²) in [5, 5.41) is 8.32. The van der Waals surface area contributed by atoms with Crippen molar-refractivity contribution >= 4 is 35.1 Å². The van der Waals surface area contributed by atoms with E-state index in [-0.39, 0.29) is 0 Å². The van der Waals surface area contributed by atoms with Gasteiger partial charge in [0.25, 0.3) is 0 Å². The quantitative estimate of drug-likeness (QED) is 0.483. The zero-order chi connectivity index (χ0) is 17.7. The fourth-order valence-corrected chi connectivity index (χ4v) is 2.85. The molecule has 0 aliphatic carbocycles. The molecule has 5 nitrogen and oxygen atoms in total. The molecule has 2 rings (SSSR count). The van der Waals surface area contributed by atoms with Crippen LogP contribution in [0.15, 0.2) is 29.4 Å². The SMILES string of the molecule is CCNC(=S)NN=Cc1cc(C)n(-c2cc(Cl)ccc2OC)c1C. The van der Waals surface area contributed by atoms with Crippen molar-refractivity contribution in [2.45, 2.75) is 20.8 Å². The number of benzene rings is 1. The Morgan fingerprint density at radius 1 is 1.38 bits per heavy atom. The zero-order valence-electron chi connectivity index (χ0n) is 14.2. The predicted octanol–water partition coefficient (Wildman–Crippen LogP) is 3.57. The molecule has 2 aromatic rings. The highest BCUT2D eigenvalue weighted by atomic mass is 35.5. The van der Waals surface area contributed by atoms with E-state index >= 15 is 0 Å². The van der Waals surface area contributed by atoms with E-state index in [0.717, 1.165) is 34.9 Å². The molecule has 0 unspecified atom stereocenters. The number of halogens is 1. The van der Waals surface area contributed by atoms with E-state index in [1.165, 1.54) is 0 Å². The van der Waals surface area contributed by atoms with Gasteiger partial charge in [0.15, 0.2) is 5.11 Å². The molecular formula is C17H21ClN4OS. The molecule has 0 saturated heterocycles. The number of nitrogens with zero attached hydrogens (tertiary/aromatic N) is 2. The van der Waals surface area contributed by atoms with Gasteiger partial charge in [0.1, 0.15) is 5.75 Å². The first-order valence-corrected chi connectivity index (χ1v) is 8.36. The Bertz CT molecular complexity index is 770. The van der Waals surface area contributed by atoms with Crippen molar-refractivity contribution in [3.05, 3.63) is 46.2 Å². The summed E-state index contributed by atoms with van der Waals surface area (Å²) >= 11 is 11.2. The number of nitrogens with one attached hydrogen (secondary N) is 2. The first-order valence-electron chi connectivity index (χ1n) is 7.57. The second kappa shape index (κ2) is 8.17. The van der Waals surface area contributed by atoms with Gasteiger partial charge in [-0.2, -0.15) is 5.10 Å². The van der Waals surface area contributed by atoms with E-state index in [0.29, 0.717) is 10.1 Å².